The monoisotopic (exact) mass is 316 g/mol. The lowest BCUT2D eigenvalue weighted by atomic mass is 10.1. The third-order valence-electron chi connectivity index (χ3n) is 3.58. The van der Waals surface area contributed by atoms with Gasteiger partial charge >= 0.3 is 5.69 Å². The summed E-state index contributed by atoms with van der Waals surface area (Å²) in [5.41, 5.74) is -0.803. The Labute approximate surface area is 126 Å². The molecule has 0 saturated carbocycles. The maximum Gasteiger partial charge on any atom is 0.330 e. The van der Waals surface area contributed by atoms with Crippen LogP contribution >= 0.6 is 0 Å². The Morgan fingerprint density at radius 3 is 2.86 bits per heavy atom. The van der Waals surface area contributed by atoms with E-state index in [1.54, 1.807) is 6.92 Å². The number of aliphatic hydroxyl groups is 2. The van der Waals surface area contributed by atoms with Crippen molar-refractivity contribution in [2.24, 2.45) is 0 Å². The molecule has 1 aromatic rings. The van der Waals surface area contributed by atoms with Crippen molar-refractivity contribution in [2.45, 2.75) is 31.5 Å². The molecule has 0 aromatic carbocycles. The Morgan fingerprint density at radius 2 is 2.23 bits per heavy atom. The van der Waals surface area contributed by atoms with Crippen molar-refractivity contribution in [1.82, 2.24) is 9.55 Å². The normalized spacial score (nSPS) is 28.2. The summed E-state index contributed by atoms with van der Waals surface area (Å²) in [4.78, 5) is 25.4. The molecule has 1 aliphatic rings. The quantitative estimate of drug-likeness (QED) is 0.544. The van der Waals surface area contributed by atoms with E-state index in [1.165, 1.54) is 13.3 Å². The van der Waals surface area contributed by atoms with Gasteiger partial charge in [-0.05, 0) is 6.92 Å². The molecular weight excluding hydrogens is 296 g/mol. The first-order chi connectivity index (χ1) is 10.4. The van der Waals surface area contributed by atoms with Crippen molar-refractivity contribution in [1.29, 1.82) is 0 Å². The topological polar surface area (TPSA) is 123 Å². The number of aliphatic hydroxyl groups excluding tert-OH is 2. The Balaban J connectivity index is 2.24. The molecule has 1 saturated heterocycles. The molecule has 2 heterocycles. The van der Waals surface area contributed by atoms with Crippen LogP contribution in [0, 0.1) is 6.92 Å². The van der Waals surface area contributed by atoms with Gasteiger partial charge < -0.3 is 24.4 Å². The van der Waals surface area contributed by atoms with Gasteiger partial charge in [0, 0.05) is 25.3 Å². The number of methoxy groups -OCH3 is 1. The van der Waals surface area contributed by atoms with Gasteiger partial charge in [-0.1, -0.05) is 0 Å². The first-order valence-corrected chi connectivity index (χ1v) is 6.85. The van der Waals surface area contributed by atoms with Gasteiger partial charge in [-0.15, -0.1) is 0 Å². The highest BCUT2D eigenvalue weighted by Gasteiger charge is 2.50. The number of aromatic nitrogens is 2. The number of rotatable bonds is 6. The van der Waals surface area contributed by atoms with E-state index in [2.05, 4.69) is 4.98 Å². The molecule has 0 radical (unpaired) electrons. The molecule has 0 amide bonds. The van der Waals surface area contributed by atoms with Crippen LogP contribution in [-0.4, -0.2) is 58.6 Å². The van der Waals surface area contributed by atoms with E-state index >= 15 is 0 Å². The van der Waals surface area contributed by atoms with Crippen LogP contribution in [0.25, 0.3) is 0 Å². The third kappa shape index (κ3) is 3.13. The van der Waals surface area contributed by atoms with Crippen LogP contribution in [0.3, 0.4) is 0 Å². The molecule has 124 valence electrons. The molecule has 3 atom stereocenters. The Kier molecular flexibility index (Phi) is 5.14. The van der Waals surface area contributed by atoms with E-state index in [1.807, 2.05) is 0 Å². The van der Waals surface area contributed by atoms with Crippen LogP contribution in [0.4, 0.5) is 0 Å². The Bertz CT molecular complexity index is 626. The van der Waals surface area contributed by atoms with Gasteiger partial charge in [0.15, 0.2) is 0 Å². The number of aryl methyl sites for hydroxylation is 1. The largest absolute Gasteiger partial charge is 0.391 e. The molecule has 3 N–H and O–H groups in total. The van der Waals surface area contributed by atoms with Gasteiger partial charge in [0.05, 0.1) is 19.8 Å². The van der Waals surface area contributed by atoms with Crippen LogP contribution in [-0.2, 0) is 14.2 Å². The lowest BCUT2D eigenvalue weighted by Gasteiger charge is -2.30. The van der Waals surface area contributed by atoms with E-state index in [-0.39, 0.29) is 19.6 Å². The fourth-order valence-electron chi connectivity index (χ4n) is 2.31. The summed E-state index contributed by atoms with van der Waals surface area (Å²) in [6.45, 7) is 1.35. The van der Waals surface area contributed by atoms with Crippen LogP contribution in [0.1, 0.15) is 18.2 Å². The number of ether oxygens (including phenoxy) is 3. The molecule has 0 aliphatic carbocycles. The summed E-state index contributed by atoms with van der Waals surface area (Å²) >= 11 is 0. The molecule has 0 bridgehead atoms. The highest BCUT2D eigenvalue weighted by atomic mass is 16.7. The summed E-state index contributed by atoms with van der Waals surface area (Å²) in [7, 11) is 1.49. The minimum atomic E-state index is -1.62. The molecule has 1 aromatic heterocycles. The second-order valence-corrected chi connectivity index (χ2v) is 5.11. The van der Waals surface area contributed by atoms with E-state index in [0.29, 0.717) is 5.56 Å². The zero-order valence-corrected chi connectivity index (χ0v) is 12.4. The predicted molar refractivity (Wildman–Crippen MR) is 74.5 cm³/mol. The number of hydrogen-bond donors (Lipinski definition) is 3. The Hall–Kier alpha value is -1.52. The number of H-pyrrole nitrogens is 1. The molecule has 2 rings (SSSR count). The first kappa shape index (κ1) is 16.8. The van der Waals surface area contributed by atoms with E-state index in [4.69, 9.17) is 14.2 Å². The second kappa shape index (κ2) is 6.71. The number of hydrogen-bond acceptors (Lipinski definition) is 7. The molecule has 9 nitrogen and oxygen atoms in total. The summed E-state index contributed by atoms with van der Waals surface area (Å²) < 4.78 is 17.0. The molecule has 0 unspecified atom stereocenters. The average molecular weight is 316 g/mol. The fourth-order valence-corrected chi connectivity index (χ4v) is 2.31. The lowest BCUT2D eigenvalue weighted by molar-refractivity contribution is -0.284. The van der Waals surface area contributed by atoms with Gasteiger partial charge in [0.2, 0.25) is 5.79 Å². The maximum absolute atomic E-state index is 11.9. The smallest absolute Gasteiger partial charge is 0.330 e. The van der Waals surface area contributed by atoms with Crippen molar-refractivity contribution < 1.29 is 24.4 Å². The highest BCUT2D eigenvalue weighted by Crippen LogP contribution is 2.36. The minimum absolute atomic E-state index is 0.0406. The third-order valence-corrected chi connectivity index (χ3v) is 3.58. The van der Waals surface area contributed by atoms with Gasteiger partial charge in [-0.3, -0.25) is 14.3 Å². The van der Waals surface area contributed by atoms with Crippen molar-refractivity contribution in [3.63, 3.8) is 0 Å². The van der Waals surface area contributed by atoms with Gasteiger partial charge in [0.1, 0.15) is 12.3 Å². The fraction of sp³-hybridized carbons (Fsp3) is 0.692. The minimum Gasteiger partial charge on any atom is -0.391 e. The van der Waals surface area contributed by atoms with Crippen LogP contribution in [0.5, 0.6) is 0 Å². The molecule has 22 heavy (non-hydrogen) atoms. The van der Waals surface area contributed by atoms with Crippen molar-refractivity contribution in [3.05, 3.63) is 32.6 Å². The molecule has 0 spiro atoms. The standard InChI is InChI=1S/C13H20N2O7/c1-8-6-15(12(19)14-11(8)18)10-5-9(17)13(7-16,22-10)21-4-3-20-2/h6,9-10,16-17H,3-5,7H2,1-2H3,(H,14,18,19)/t9-,10+,13+/m0/s1. The van der Waals surface area contributed by atoms with Crippen LogP contribution in [0.2, 0.25) is 0 Å². The van der Waals surface area contributed by atoms with Gasteiger partial charge in [-0.25, -0.2) is 4.79 Å². The summed E-state index contributed by atoms with van der Waals surface area (Å²) in [5, 5.41) is 19.7. The number of aromatic amines is 1. The van der Waals surface area contributed by atoms with E-state index in [0.717, 1.165) is 4.57 Å². The zero-order valence-electron chi connectivity index (χ0n) is 12.4. The van der Waals surface area contributed by atoms with Crippen LogP contribution in [0.15, 0.2) is 15.8 Å². The summed E-state index contributed by atoms with van der Waals surface area (Å²) in [6.07, 6.45) is -0.591. The zero-order chi connectivity index (χ0) is 16.3. The lowest BCUT2D eigenvalue weighted by Crippen LogP contribution is -2.46. The number of nitrogens with one attached hydrogen (secondary N) is 1. The van der Waals surface area contributed by atoms with Crippen molar-refractivity contribution in [2.75, 3.05) is 26.9 Å². The SMILES string of the molecule is COCCO[C@]1(CO)O[C@@H](n2cc(C)c(=O)[nH]c2=O)C[C@@H]1O. The van der Waals surface area contributed by atoms with Crippen molar-refractivity contribution >= 4 is 0 Å². The highest BCUT2D eigenvalue weighted by molar-refractivity contribution is 5.02. The van der Waals surface area contributed by atoms with E-state index in [9.17, 15) is 19.8 Å². The van der Waals surface area contributed by atoms with E-state index < -0.39 is 36.0 Å². The molecule has 1 fully saturated rings. The molecule has 9 heteroatoms. The average Bonchev–Trinajstić information content (AvgIpc) is 2.80. The van der Waals surface area contributed by atoms with Crippen molar-refractivity contribution in [3.8, 4) is 0 Å². The molecular formula is C13H20N2O7. The molecule has 1 aliphatic heterocycles. The Morgan fingerprint density at radius 1 is 1.50 bits per heavy atom. The predicted octanol–water partition coefficient (Wildman–Crippen LogP) is -1.52. The first-order valence-electron chi connectivity index (χ1n) is 6.85. The number of nitrogens with zero attached hydrogens (tertiary/aromatic N) is 1. The van der Waals surface area contributed by atoms with Gasteiger partial charge in [0.25, 0.3) is 5.56 Å². The summed E-state index contributed by atoms with van der Waals surface area (Å²) in [6, 6.07) is 0. The maximum atomic E-state index is 11.9. The van der Waals surface area contributed by atoms with Crippen LogP contribution < -0.4 is 11.2 Å². The van der Waals surface area contributed by atoms with Gasteiger partial charge in [-0.2, -0.15) is 0 Å². The second-order valence-electron chi connectivity index (χ2n) is 5.11. The summed E-state index contributed by atoms with van der Waals surface area (Å²) in [5.74, 6) is -1.62.